The van der Waals surface area contributed by atoms with E-state index in [-0.39, 0.29) is 11.5 Å². The highest BCUT2D eigenvalue weighted by Gasteiger charge is 2.25. The number of esters is 1. The Kier molecular flexibility index (Phi) is 3.91. The number of hydrogen-bond acceptors (Lipinski definition) is 5. The number of carbonyl (C=O) groups excluding carboxylic acids is 2. The van der Waals surface area contributed by atoms with E-state index in [0.29, 0.717) is 11.1 Å². The summed E-state index contributed by atoms with van der Waals surface area (Å²) in [5.41, 5.74) is 2.72. The van der Waals surface area contributed by atoms with E-state index in [1.54, 1.807) is 29.7 Å². The molecule has 6 heteroatoms. The molecular formula is C23H16N2O4. The van der Waals surface area contributed by atoms with Crippen molar-refractivity contribution < 1.29 is 18.7 Å². The monoisotopic (exact) mass is 384 g/mol. The standard InChI is InChI=1S/C23H16N2O4/c1-14(29-23(27)17-9-6-12-20-21(17)24-13-28-20)22(26)25-18-10-4-2-7-15(18)16-8-3-5-11-19(16)25/h2-14H,1H3. The molecule has 29 heavy (non-hydrogen) atoms. The third-order valence-corrected chi connectivity index (χ3v) is 5.01. The first-order valence-electron chi connectivity index (χ1n) is 9.21. The highest BCUT2D eigenvalue weighted by Crippen LogP contribution is 2.29. The van der Waals surface area contributed by atoms with Crippen molar-refractivity contribution in [1.82, 2.24) is 9.55 Å². The van der Waals surface area contributed by atoms with Crippen LogP contribution < -0.4 is 0 Å². The van der Waals surface area contributed by atoms with Gasteiger partial charge in [-0.3, -0.25) is 9.36 Å². The van der Waals surface area contributed by atoms with E-state index in [1.165, 1.54) is 6.39 Å². The molecule has 5 aromatic rings. The minimum atomic E-state index is -0.983. The van der Waals surface area contributed by atoms with Gasteiger partial charge in [-0.15, -0.1) is 0 Å². The van der Waals surface area contributed by atoms with Gasteiger partial charge in [-0.05, 0) is 31.2 Å². The molecule has 0 aliphatic rings. The summed E-state index contributed by atoms with van der Waals surface area (Å²) in [6.07, 6.45) is 0.289. The third-order valence-electron chi connectivity index (χ3n) is 5.01. The van der Waals surface area contributed by atoms with Gasteiger partial charge >= 0.3 is 5.97 Å². The molecule has 0 aliphatic heterocycles. The molecule has 2 heterocycles. The maximum Gasteiger partial charge on any atom is 0.341 e. The second-order valence-electron chi connectivity index (χ2n) is 6.76. The van der Waals surface area contributed by atoms with E-state index in [9.17, 15) is 9.59 Å². The lowest BCUT2D eigenvalue weighted by atomic mass is 10.2. The number of nitrogens with zero attached hydrogens (tertiary/aromatic N) is 2. The fourth-order valence-corrected chi connectivity index (χ4v) is 3.67. The Balaban J connectivity index is 1.52. The Morgan fingerprint density at radius 1 is 0.931 bits per heavy atom. The molecule has 3 aromatic carbocycles. The SMILES string of the molecule is CC(OC(=O)c1cccc2ocnc12)C(=O)n1c2ccccc2c2ccccc21. The van der Waals surface area contributed by atoms with Crippen molar-refractivity contribution in [3.05, 3.63) is 78.7 Å². The number of hydrogen-bond donors (Lipinski definition) is 0. The molecule has 5 rings (SSSR count). The number of carbonyl (C=O) groups is 2. The van der Waals surface area contributed by atoms with Crippen molar-refractivity contribution in [2.45, 2.75) is 13.0 Å². The van der Waals surface area contributed by atoms with Gasteiger partial charge in [-0.2, -0.15) is 0 Å². The summed E-state index contributed by atoms with van der Waals surface area (Å²) in [7, 11) is 0. The highest BCUT2D eigenvalue weighted by atomic mass is 16.5. The maximum atomic E-state index is 13.3. The molecule has 0 amide bonds. The second kappa shape index (κ2) is 6.60. The predicted octanol–water partition coefficient (Wildman–Crippen LogP) is 4.82. The van der Waals surface area contributed by atoms with Crippen LogP contribution in [0.5, 0.6) is 0 Å². The molecule has 1 atom stereocenters. The topological polar surface area (TPSA) is 74.3 Å². The molecular weight excluding hydrogens is 368 g/mol. The number of para-hydroxylation sites is 3. The Bertz CT molecular complexity index is 1340. The van der Waals surface area contributed by atoms with Crippen LogP contribution in [0.4, 0.5) is 0 Å². The van der Waals surface area contributed by atoms with Gasteiger partial charge in [0, 0.05) is 10.8 Å². The first-order chi connectivity index (χ1) is 14.1. The lowest BCUT2D eigenvalue weighted by Crippen LogP contribution is -2.29. The van der Waals surface area contributed by atoms with Gasteiger partial charge in [0.2, 0.25) is 0 Å². The van der Waals surface area contributed by atoms with Crippen LogP contribution in [0.1, 0.15) is 22.1 Å². The van der Waals surface area contributed by atoms with Crippen molar-refractivity contribution in [2.75, 3.05) is 0 Å². The fraction of sp³-hybridized carbons (Fsp3) is 0.0870. The summed E-state index contributed by atoms with van der Waals surface area (Å²) in [5, 5.41) is 1.95. The number of fused-ring (bicyclic) bond motifs is 4. The highest BCUT2D eigenvalue weighted by molar-refractivity contribution is 6.14. The van der Waals surface area contributed by atoms with Gasteiger partial charge < -0.3 is 9.15 Å². The Labute approximate surface area is 165 Å². The minimum absolute atomic E-state index is 0.262. The second-order valence-corrected chi connectivity index (χ2v) is 6.76. The van der Waals surface area contributed by atoms with E-state index < -0.39 is 12.1 Å². The van der Waals surface area contributed by atoms with Crippen molar-refractivity contribution in [3.8, 4) is 0 Å². The number of rotatable bonds is 3. The molecule has 0 aliphatic carbocycles. The maximum absolute atomic E-state index is 13.3. The van der Waals surface area contributed by atoms with Crippen LogP contribution in [0, 0.1) is 0 Å². The molecule has 0 fully saturated rings. The van der Waals surface area contributed by atoms with Crippen LogP contribution in [0.3, 0.4) is 0 Å². The molecule has 0 saturated heterocycles. The summed E-state index contributed by atoms with van der Waals surface area (Å²) >= 11 is 0. The Hall–Kier alpha value is -3.93. The van der Waals surface area contributed by atoms with Crippen LogP contribution in [0.2, 0.25) is 0 Å². The molecule has 0 bridgehead atoms. The number of oxazole rings is 1. The number of aromatic nitrogens is 2. The van der Waals surface area contributed by atoms with E-state index in [4.69, 9.17) is 9.15 Å². The molecule has 0 saturated carbocycles. The Morgan fingerprint density at radius 2 is 1.59 bits per heavy atom. The van der Waals surface area contributed by atoms with Gasteiger partial charge in [0.05, 0.1) is 16.6 Å². The van der Waals surface area contributed by atoms with Crippen LogP contribution in [0.25, 0.3) is 32.9 Å². The molecule has 1 unspecified atom stereocenters. The molecule has 6 nitrogen and oxygen atoms in total. The quantitative estimate of drug-likeness (QED) is 0.417. The smallest absolute Gasteiger partial charge is 0.341 e. The summed E-state index contributed by atoms with van der Waals surface area (Å²) in [6.45, 7) is 1.58. The van der Waals surface area contributed by atoms with Crippen molar-refractivity contribution in [1.29, 1.82) is 0 Å². The molecule has 2 aromatic heterocycles. The van der Waals surface area contributed by atoms with Gasteiger partial charge in [-0.25, -0.2) is 9.78 Å². The van der Waals surface area contributed by atoms with Crippen LogP contribution >= 0.6 is 0 Å². The lowest BCUT2D eigenvalue weighted by Gasteiger charge is -2.14. The average molecular weight is 384 g/mol. The normalized spacial score (nSPS) is 12.4. The van der Waals surface area contributed by atoms with Gasteiger partial charge in [0.15, 0.2) is 18.1 Å². The first kappa shape index (κ1) is 17.2. The van der Waals surface area contributed by atoms with Gasteiger partial charge in [0.1, 0.15) is 5.52 Å². The van der Waals surface area contributed by atoms with Crippen molar-refractivity contribution in [2.24, 2.45) is 0 Å². The fourth-order valence-electron chi connectivity index (χ4n) is 3.67. The number of ether oxygens (including phenoxy) is 1. The van der Waals surface area contributed by atoms with E-state index >= 15 is 0 Å². The zero-order valence-corrected chi connectivity index (χ0v) is 15.5. The minimum Gasteiger partial charge on any atom is -0.449 e. The summed E-state index contributed by atoms with van der Waals surface area (Å²) in [5.74, 6) is -0.936. The third kappa shape index (κ3) is 2.69. The molecule has 0 radical (unpaired) electrons. The molecule has 142 valence electrons. The summed E-state index contributed by atoms with van der Waals surface area (Å²) < 4.78 is 12.3. The molecule has 0 N–H and O–H groups in total. The van der Waals surface area contributed by atoms with Gasteiger partial charge in [0.25, 0.3) is 5.91 Å². The lowest BCUT2D eigenvalue weighted by molar-refractivity contribution is 0.0290. The van der Waals surface area contributed by atoms with Crippen LogP contribution in [-0.4, -0.2) is 27.5 Å². The largest absolute Gasteiger partial charge is 0.449 e. The van der Waals surface area contributed by atoms with Gasteiger partial charge in [-0.1, -0.05) is 42.5 Å². The van der Waals surface area contributed by atoms with Crippen LogP contribution in [-0.2, 0) is 4.74 Å². The summed E-state index contributed by atoms with van der Waals surface area (Å²) in [6, 6.07) is 20.4. The predicted molar refractivity (Wildman–Crippen MR) is 109 cm³/mol. The Morgan fingerprint density at radius 3 is 2.28 bits per heavy atom. The van der Waals surface area contributed by atoms with Crippen molar-refractivity contribution >= 4 is 44.8 Å². The van der Waals surface area contributed by atoms with E-state index in [1.807, 2.05) is 48.5 Å². The molecule has 0 spiro atoms. The van der Waals surface area contributed by atoms with E-state index in [2.05, 4.69) is 4.98 Å². The van der Waals surface area contributed by atoms with Crippen LogP contribution in [0.15, 0.2) is 77.5 Å². The van der Waals surface area contributed by atoms with Crippen molar-refractivity contribution in [3.63, 3.8) is 0 Å². The zero-order chi connectivity index (χ0) is 20.0. The average Bonchev–Trinajstić information content (AvgIpc) is 3.35. The zero-order valence-electron chi connectivity index (χ0n) is 15.5. The number of benzene rings is 3. The first-order valence-corrected chi connectivity index (χ1v) is 9.21. The van der Waals surface area contributed by atoms with E-state index in [0.717, 1.165) is 21.8 Å². The summed E-state index contributed by atoms with van der Waals surface area (Å²) in [4.78, 5) is 30.0.